The van der Waals surface area contributed by atoms with E-state index in [9.17, 15) is 14.4 Å². The van der Waals surface area contributed by atoms with Gasteiger partial charge < -0.3 is 14.5 Å². The lowest BCUT2D eigenvalue weighted by Gasteiger charge is -2.33. The monoisotopic (exact) mass is 386 g/mol. The first-order chi connectivity index (χ1) is 13.5. The van der Waals surface area contributed by atoms with Crippen molar-refractivity contribution < 1.29 is 9.53 Å². The average Bonchev–Trinajstić information content (AvgIpc) is 2.74. The summed E-state index contributed by atoms with van der Waals surface area (Å²) >= 11 is 0. The number of morpholine rings is 1. The van der Waals surface area contributed by atoms with E-state index in [0.29, 0.717) is 32.7 Å². The number of aromatic nitrogens is 4. The average molecular weight is 386 g/mol. The molecule has 0 aromatic carbocycles. The van der Waals surface area contributed by atoms with Gasteiger partial charge >= 0.3 is 5.69 Å². The van der Waals surface area contributed by atoms with E-state index < -0.39 is 11.2 Å². The molecule has 0 unspecified atom stereocenters. The number of carbonyl (C=O) groups is 1. The highest BCUT2D eigenvalue weighted by Crippen LogP contribution is 2.26. The van der Waals surface area contributed by atoms with E-state index in [4.69, 9.17) is 4.74 Å². The fraction of sp³-hybridized carbons (Fsp3) is 0.500. The van der Waals surface area contributed by atoms with Crippen LogP contribution >= 0.6 is 0 Å². The van der Waals surface area contributed by atoms with Gasteiger partial charge in [-0.25, -0.2) is 14.8 Å². The first-order valence-electron chi connectivity index (χ1n) is 9.19. The second kappa shape index (κ2) is 7.19. The lowest BCUT2D eigenvalue weighted by molar-refractivity contribution is 0.0719. The number of nitrogens with zero attached hydrogens (tertiary/aromatic N) is 6. The molecule has 4 rings (SSSR count). The number of rotatable bonds is 2. The molecule has 0 spiro atoms. The Morgan fingerprint density at radius 3 is 2.57 bits per heavy atom. The highest BCUT2D eigenvalue weighted by molar-refractivity contribution is 5.92. The van der Waals surface area contributed by atoms with Gasteiger partial charge in [-0.15, -0.1) is 0 Å². The second-order valence-corrected chi connectivity index (χ2v) is 6.97. The zero-order valence-corrected chi connectivity index (χ0v) is 15.9. The van der Waals surface area contributed by atoms with Crippen LogP contribution in [0.25, 0.3) is 0 Å². The van der Waals surface area contributed by atoms with Crippen LogP contribution in [0, 0.1) is 0 Å². The summed E-state index contributed by atoms with van der Waals surface area (Å²) in [4.78, 5) is 49.7. The molecule has 0 radical (unpaired) electrons. The van der Waals surface area contributed by atoms with Gasteiger partial charge in [0.1, 0.15) is 17.8 Å². The Labute approximate surface area is 161 Å². The fourth-order valence-corrected chi connectivity index (χ4v) is 3.66. The molecule has 0 saturated carbocycles. The van der Waals surface area contributed by atoms with Crippen molar-refractivity contribution in [1.82, 2.24) is 24.0 Å². The molecule has 1 fully saturated rings. The first kappa shape index (κ1) is 18.4. The van der Waals surface area contributed by atoms with Crippen LogP contribution in [-0.2, 0) is 31.8 Å². The highest BCUT2D eigenvalue weighted by atomic mass is 16.5. The minimum absolute atomic E-state index is 0.0824. The van der Waals surface area contributed by atoms with E-state index in [1.807, 2.05) is 0 Å². The molecule has 0 bridgehead atoms. The van der Waals surface area contributed by atoms with Crippen LogP contribution in [0.4, 0.5) is 5.82 Å². The minimum Gasteiger partial charge on any atom is -0.378 e. The smallest absolute Gasteiger partial charge is 0.331 e. The number of hydrogen-bond donors (Lipinski definition) is 0. The van der Waals surface area contributed by atoms with E-state index in [0.717, 1.165) is 34.7 Å². The number of fused-ring (bicyclic) bond motifs is 1. The van der Waals surface area contributed by atoms with Crippen LogP contribution in [0.15, 0.2) is 22.0 Å². The van der Waals surface area contributed by atoms with Crippen LogP contribution in [0.2, 0.25) is 0 Å². The summed E-state index contributed by atoms with van der Waals surface area (Å²) in [6.45, 7) is 3.68. The lowest BCUT2D eigenvalue weighted by atomic mass is 10.0. The molecule has 28 heavy (non-hydrogen) atoms. The van der Waals surface area contributed by atoms with Crippen molar-refractivity contribution in [3.8, 4) is 0 Å². The number of ether oxygens (including phenoxy) is 1. The third-order valence-electron chi connectivity index (χ3n) is 5.33. The third kappa shape index (κ3) is 3.09. The topological polar surface area (TPSA) is 103 Å². The summed E-state index contributed by atoms with van der Waals surface area (Å²) < 4.78 is 7.59. The Morgan fingerprint density at radius 2 is 1.82 bits per heavy atom. The minimum atomic E-state index is -0.523. The summed E-state index contributed by atoms with van der Waals surface area (Å²) in [6.07, 6.45) is 2.14. The van der Waals surface area contributed by atoms with Crippen LogP contribution in [-0.4, -0.2) is 62.8 Å². The van der Waals surface area contributed by atoms with Crippen molar-refractivity contribution in [3.63, 3.8) is 0 Å². The maximum Gasteiger partial charge on any atom is 0.331 e. The van der Waals surface area contributed by atoms with Crippen LogP contribution < -0.4 is 16.1 Å². The van der Waals surface area contributed by atoms with Crippen LogP contribution in [0.1, 0.15) is 21.7 Å². The van der Waals surface area contributed by atoms with Crippen molar-refractivity contribution in [2.75, 3.05) is 37.7 Å². The summed E-state index contributed by atoms with van der Waals surface area (Å²) in [5.74, 6) is 0.552. The molecule has 0 aliphatic carbocycles. The van der Waals surface area contributed by atoms with Crippen molar-refractivity contribution in [2.45, 2.75) is 13.0 Å². The molecule has 4 heterocycles. The number of amides is 1. The van der Waals surface area contributed by atoms with Gasteiger partial charge in [-0.05, 0) is 6.42 Å². The van der Waals surface area contributed by atoms with E-state index in [-0.39, 0.29) is 11.6 Å². The Balaban J connectivity index is 1.62. The van der Waals surface area contributed by atoms with Crippen LogP contribution in [0.3, 0.4) is 0 Å². The van der Waals surface area contributed by atoms with E-state index in [2.05, 4.69) is 14.9 Å². The van der Waals surface area contributed by atoms with Crippen molar-refractivity contribution >= 4 is 11.7 Å². The molecule has 1 amide bonds. The molecule has 10 heteroatoms. The van der Waals surface area contributed by atoms with E-state index in [1.165, 1.54) is 31.1 Å². The zero-order valence-electron chi connectivity index (χ0n) is 15.9. The summed E-state index contributed by atoms with van der Waals surface area (Å²) in [7, 11) is 2.88. The van der Waals surface area contributed by atoms with E-state index >= 15 is 0 Å². The van der Waals surface area contributed by atoms with Gasteiger partial charge in [0.2, 0.25) is 0 Å². The normalized spacial score (nSPS) is 16.8. The van der Waals surface area contributed by atoms with Crippen molar-refractivity contribution in [3.05, 3.63) is 50.2 Å². The summed E-state index contributed by atoms with van der Waals surface area (Å²) in [5.41, 5.74) is 0.904. The Hall–Kier alpha value is -3.01. The number of carbonyl (C=O) groups excluding carboxylic acids is 1. The maximum atomic E-state index is 13.0. The van der Waals surface area contributed by atoms with Gasteiger partial charge in [0.15, 0.2) is 0 Å². The zero-order chi connectivity index (χ0) is 19.8. The second-order valence-electron chi connectivity index (χ2n) is 6.97. The molecule has 0 atom stereocenters. The van der Waals surface area contributed by atoms with Crippen LogP contribution in [0.5, 0.6) is 0 Å². The predicted molar refractivity (Wildman–Crippen MR) is 100 cm³/mol. The van der Waals surface area contributed by atoms with Crippen molar-refractivity contribution in [1.29, 1.82) is 0 Å². The Morgan fingerprint density at radius 1 is 1.07 bits per heavy atom. The third-order valence-corrected chi connectivity index (χ3v) is 5.33. The molecule has 2 aliphatic heterocycles. The van der Waals surface area contributed by atoms with Crippen molar-refractivity contribution in [2.24, 2.45) is 14.1 Å². The summed E-state index contributed by atoms with van der Waals surface area (Å²) in [6, 6.07) is 1.21. The summed E-state index contributed by atoms with van der Waals surface area (Å²) in [5, 5.41) is 0. The SMILES string of the molecule is Cn1c(C(=O)N2CCc3c(ncnc3N3CCOCC3)C2)cc(=O)n(C)c1=O. The molecule has 2 aliphatic rings. The van der Waals surface area contributed by atoms with Gasteiger partial charge in [-0.2, -0.15) is 0 Å². The van der Waals surface area contributed by atoms with E-state index in [1.54, 1.807) is 4.90 Å². The number of anilines is 1. The highest BCUT2D eigenvalue weighted by Gasteiger charge is 2.28. The first-order valence-corrected chi connectivity index (χ1v) is 9.19. The van der Waals surface area contributed by atoms with Gasteiger partial charge in [-0.3, -0.25) is 18.7 Å². The van der Waals surface area contributed by atoms with Gasteiger partial charge in [0.25, 0.3) is 11.5 Å². The van der Waals surface area contributed by atoms with Gasteiger partial charge in [0.05, 0.1) is 25.5 Å². The molecule has 2 aromatic heterocycles. The quantitative estimate of drug-likeness (QED) is 0.646. The molecular weight excluding hydrogens is 364 g/mol. The molecule has 2 aromatic rings. The largest absolute Gasteiger partial charge is 0.378 e. The standard InChI is InChI=1S/C18H22N6O4/c1-21-14(9-15(25)22(2)18(21)27)17(26)24-4-3-12-13(10-24)19-11-20-16(12)23-5-7-28-8-6-23/h9,11H,3-8,10H2,1-2H3. The molecule has 1 saturated heterocycles. The number of hydrogen-bond acceptors (Lipinski definition) is 7. The molecule has 10 nitrogen and oxygen atoms in total. The van der Waals surface area contributed by atoms with Gasteiger partial charge in [0, 0.05) is 45.4 Å². The lowest BCUT2D eigenvalue weighted by Crippen LogP contribution is -2.44. The molecule has 148 valence electrons. The predicted octanol–water partition coefficient (Wildman–Crippen LogP) is -1.09. The maximum absolute atomic E-state index is 13.0. The molecule has 0 N–H and O–H groups in total. The van der Waals surface area contributed by atoms with Gasteiger partial charge in [-0.1, -0.05) is 0 Å². The Bertz CT molecular complexity index is 1040. The fourth-order valence-electron chi connectivity index (χ4n) is 3.66. The molecular formula is C18H22N6O4. The Kier molecular flexibility index (Phi) is 4.71.